The van der Waals surface area contributed by atoms with Crippen molar-refractivity contribution in [2.75, 3.05) is 19.7 Å². The molecule has 0 fully saturated rings. The summed E-state index contributed by atoms with van der Waals surface area (Å²) < 4.78 is 10.7. The standard InChI is InChI=1S/C24H22N4O4/c1-16-6-4-9-18(14-16)22-27-24(32-28-22)23(30)26-13-12-25-21(29)15-31-20-11-5-8-17-7-2-3-10-19(17)20/h2-11,14H,12-13,15H2,1H3,(H,25,29)(H,26,30). The van der Waals surface area contributed by atoms with Gasteiger partial charge < -0.3 is 19.9 Å². The largest absolute Gasteiger partial charge is 0.483 e. The average molecular weight is 430 g/mol. The molecule has 8 nitrogen and oxygen atoms in total. The zero-order valence-electron chi connectivity index (χ0n) is 17.5. The van der Waals surface area contributed by atoms with Crippen molar-refractivity contribution in [1.82, 2.24) is 20.8 Å². The van der Waals surface area contributed by atoms with E-state index in [0.717, 1.165) is 21.9 Å². The van der Waals surface area contributed by atoms with E-state index < -0.39 is 5.91 Å². The maximum absolute atomic E-state index is 12.2. The predicted molar refractivity (Wildman–Crippen MR) is 119 cm³/mol. The Hall–Kier alpha value is -4.20. The smallest absolute Gasteiger partial charge is 0.316 e. The summed E-state index contributed by atoms with van der Waals surface area (Å²) in [4.78, 5) is 28.4. The molecule has 0 aliphatic carbocycles. The monoisotopic (exact) mass is 430 g/mol. The van der Waals surface area contributed by atoms with Gasteiger partial charge in [0.15, 0.2) is 6.61 Å². The molecule has 4 rings (SSSR count). The highest BCUT2D eigenvalue weighted by Gasteiger charge is 2.16. The topological polar surface area (TPSA) is 106 Å². The highest BCUT2D eigenvalue weighted by molar-refractivity contribution is 5.90. The fourth-order valence-corrected chi connectivity index (χ4v) is 3.19. The lowest BCUT2D eigenvalue weighted by molar-refractivity contribution is -0.123. The van der Waals surface area contributed by atoms with Crippen molar-refractivity contribution in [2.24, 2.45) is 0 Å². The van der Waals surface area contributed by atoms with Crippen LogP contribution in [0.4, 0.5) is 0 Å². The van der Waals surface area contributed by atoms with Gasteiger partial charge in [-0.05, 0) is 24.4 Å². The zero-order valence-corrected chi connectivity index (χ0v) is 17.5. The number of carbonyl (C=O) groups is 2. The molecule has 32 heavy (non-hydrogen) atoms. The fraction of sp³-hybridized carbons (Fsp3) is 0.167. The van der Waals surface area contributed by atoms with Crippen molar-refractivity contribution in [3.8, 4) is 17.1 Å². The first-order valence-electron chi connectivity index (χ1n) is 10.2. The number of benzene rings is 3. The van der Waals surface area contributed by atoms with Crippen LogP contribution in [-0.4, -0.2) is 41.7 Å². The third-order valence-electron chi connectivity index (χ3n) is 4.74. The van der Waals surface area contributed by atoms with E-state index in [1.165, 1.54) is 0 Å². The van der Waals surface area contributed by atoms with Crippen LogP contribution in [0.25, 0.3) is 22.2 Å². The molecule has 2 N–H and O–H groups in total. The molecule has 1 heterocycles. The van der Waals surface area contributed by atoms with E-state index in [9.17, 15) is 9.59 Å². The summed E-state index contributed by atoms with van der Waals surface area (Å²) in [5.41, 5.74) is 1.82. The first-order valence-corrected chi connectivity index (χ1v) is 10.2. The lowest BCUT2D eigenvalue weighted by Gasteiger charge is -2.10. The summed E-state index contributed by atoms with van der Waals surface area (Å²) in [7, 11) is 0. The molecule has 0 radical (unpaired) electrons. The molecule has 8 heteroatoms. The van der Waals surface area contributed by atoms with Crippen LogP contribution in [0.5, 0.6) is 5.75 Å². The Morgan fingerprint density at radius 3 is 2.62 bits per heavy atom. The second-order valence-corrected chi connectivity index (χ2v) is 7.16. The molecule has 0 saturated heterocycles. The summed E-state index contributed by atoms with van der Waals surface area (Å²) in [6.07, 6.45) is 0. The fourth-order valence-electron chi connectivity index (χ4n) is 3.19. The van der Waals surface area contributed by atoms with E-state index in [2.05, 4.69) is 20.8 Å². The number of nitrogens with zero attached hydrogens (tertiary/aromatic N) is 2. The van der Waals surface area contributed by atoms with Gasteiger partial charge in [-0.25, -0.2) is 0 Å². The van der Waals surface area contributed by atoms with Crippen molar-refractivity contribution < 1.29 is 18.8 Å². The minimum absolute atomic E-state index is 0.120. The molecule has 0 aliphatic rings. The van der Waals surface area contributed by atoms with Crippen LogP contribution in [0, 0.1) is 6.92 Å². The zero-order chi connectivity index (χ0) is 22.3. The Kier molecular flexibility index (Phi) is 6.41. The van der Waals surface area contributed by atoms with Crippen LogP contribution in [0.3, 0.4) is 0 Å². The number of amides is 2. The molecular weight excluding hydrogens is 408 g/mol. The highest BCUT2D eigenvalue weighted by Crippen LogP contribution is 2.24. The van der Waals surface area contributed by atoms with E-state index >= 15 is 0 Å². The lowest BCUT2D eigenvalue weighted by Crippen LogP contribution is -2.36. The van der Waals surface area contributed by atoms with Gasteiger partial charge in [0.2, 0.25) is 5.82 Å². The van der Waals surface area contributed by atoms with Crippen molar-refractivity contribution in [2.45, 2.75) is 6.92 Å². The second kappa shape index (κ2) is 9.74. The van der Waals surface area contributed by atoms with Gasteiger partial charge in [0.05, 0.1) is 0 Å². The van der Waals surface area contributed by atoms with Crippen molar-refractivity contribution in [3.63, 3.8) is 0 Å². The molecule has 0 bridgehead atoms. The van der Waals surface area contributed by atoms with Crippen molar-refractivity contribution in [3.05, 3.63) is 78.2 Å². The van der Waals surface area contributed by atoms with E-state index in [-0.39, 0.29) is 31.5 Å². The molecule has 0 spiro atoms. The van der Waals surface area contributed by atoms with Gasteiger partial charge >= 0.3 is 11.8 Å². The third-order valence-corrected chi connectivity index (χ3v) is 4.74. The third kappa shape index (κ3) is 5.10. The number of hydrogen-bond acceptors (Lipinski definition) is 6. The normalized spacial score (nSPS) is 10.7. The molecule has 162 valence electrons. The molecule has 3 aromatic carbocycles. The van der Waals surface area contributed by atoms with E-state index in [4.69, 9.17) is 9.26 Å². The first-order chi connectivity index (χ1) is 15.6. The van der Waals surface area contributed by atoms with E-state index in [1.807, 2.05) is 73.7 Å². The highest BCUT2D eigenvalue weighted by atomic mass is 16.5. The van der Waals surface area contributed by atoms with Crippen molar-refractivity contribution in [1.29, 1.82) is 0 Å². The predicted octanol–water partition coefficient (Wildman–Crippen LogP) is 3.12. The van der Waals surface area contributed by atoms with Crippen molar-refractivity contribution >= 4 is 22.6 Å². The summed E-state index contributed by atoms with van der Waals surface area (Å²) in [5, 5.41) is 11.2. The van der Waals surface area contributed by atoms with Crippen LogP contribution in [0.1, 0.15) is 16.2 Å². The molecule has 0 saturated carbocycles. The molecule has 0 unspecified atom stereocenters. The van der Waals surface area contributed by atoms with Gasteiger partial charge in [-0.15, -0.1) is 0 Å². The Morgan fingerprint density at radius 2 is 1.75 bits per heavy atom. The SMILES string of the molecule is Cc1cccc(-c2noc(C(=O)NCCNC(=O)COc3cccc4ccccc34)n2)c1. The van der Waals surface area contributed by atoms with E-state index in [0.29, 0.717) is 11.6 Å². The summed E-state index contributed by atoms with van der Waals surface area (Å²) >= 11 is 0. The molecular formula is C24H22N4O4. The quantitative estimate of drug-likeness (QED) is 0.416. The number of ether oxygens (including phenoxy) is 1. The maximum Gasteiger partial charge on any atom is 0.316 e. The molecule has 2 amide bonds. The summed E-state index contributed by atoms with van der Waals surface area (Å²) in [5.74, 6) is 0.0709. The Morgan fingerprint density at radius 1 is 0.969 bits per heavy atom. The number of fused-ring (bicyclic) bond motifs is 1. The Bertz CT molecular complexity index is 1250. The molecule has 4 aromatic rings. The summed E-state index contributed by atoms with van der Waals surface area (Å²) in [6, 6.07) is 21.1. The van der Waals surface area contributed by atoms with Gasteiger partial charge in [-0.3, -0.25) is 9.59 Å². The number of aromatic nitrogens is 2. The number of hydrogen-bond donors (Lipinski definition) is 2. The van der Waals surface area contributed by atoms with Crippen LogP contribution >= 0.6 is 0 Å². The minimum Gasteiger partial charge on any atom is -0.483 e. The van der Waals surface area contributed by atoms with E-state index in [1.54, 1.807) is 0 Å². The average Bonchev–Trinajstić information content (AvgIpc) is 3.31. The number of carbonyl (C=O) groups excluding carboxylic acids is 2. The minimum atomic E-state index is -0.502. The Balaban J connectivity index is 1.21. The molecule has 1 aromatic heterocycles. The first kappa shape index (κ1) is 21.0. The van der Waals surface area contributed by atoms with Gasteiger partial charge in [0.1, 0.15) is 5.75 Å². The van der Waals surface area contributed by atoms with Gasteiger partial charge in [0.25, 0.3) is 5.91 Å². The van der Waals surface area contributed by atoms with Crippen LogP contribution in [-0.2, 0) is 4.79 Å². The second-order valence-electron chi connectivity index (χ2n) is 7.16. The maximum atomic E-state index is 12.2. The number of nitrogens with one attached hydrogen (secondary N) is 2. The van der Waals surface area contributed by atoms with Gasteiger partial charge in [-0.2, -0.15) is 4.98 Å². The van der Waals surface area contributed by atoms with Crippen LogP contribution in [0.15, 0.2) is 71.3 Å². The number of aryl methyl sites for hydroxylation is 1. The summed E-state index contributed by atoms with van der Waals surface area (Å²) in [6.45, 7) is 2.29. The molecule has 0 aliphatic heterocycles. The number of rotatable bonds is 8. The Labute approximate surface area is 184 Å². The lowest BCUT2D eigenvalue weighted by atomic mass is 10.1. The van der Waals surface area contributed by atoms with Gasteiger partial charge in [0, 0.05) is 24.0 Å². The van der Waals surface area contributed by atoms with Crippen LogP contribution < -0.4 is 15.4 Å². The van der Waals surface area contributed by atoms with Crippen LogP contribution in [0.2, 0.25) is 0 Å². The van der Waals surface area contributed by atoms with Gasteiger partial charge in [-0.1, -0.05) is 65.3 Å². The molecule has 0 atom stereocenters.